The molecule has 8 nitrogen and oxygen atoms in total. The van der Waals surface area contributed by atoms with Crippen molar-refractivity contribution < 1.29 is 14.3 Å². The zero-order chi connectivity index (χ0) is 23.2. The Balaban J connectivity index is 1.31. The Hall–Kier alpha value is -3.42. The first-order valence-corrected chi connectivity index (χ1v) is 11.4. The Morgan fingerprint density at radius 2 is 2.00 bits per heavy atom. The molecule has 0 spiro atoms. The van der Waals surface area contributed by atoms with E-state index >= 15 is 0 Å². The van der Waals surface area contributed by atoms with Crippen LogP contribution in [0.15, 0.2) is 43.0 Å². The molecule has 2 atom stereocenters. The Morgan fingerprint density at radius 3 is 2.82 bits per heavy atom. The highest BCUT2D eigenvalue weighted by Crippen LogP contribution is 2.33. The quantitative estimate of drug-likeness (QED) is 0.554. The Bertz CT molecular complexity index is 1230. The Kier molecular flexibility index (Phi) is 5.31. The SMILES string of the molecule is Cc1ncnc2c1ccn2[C@H]1C=C[C@@H](Oc2nccc3c2CN(C(=O)OC(C)(C)C)CC3)C1. The third-order valence-corrected chi connectivity index (χ3v) is 6.12. The minimum Gasteiger partial charge on any atom is -0.470 e. The molecule has 0 saturated carbocycles. The molecular formula is C25H29N5O3. The molecule has 0 bridgehead atoms. The fourth-order valence-electron chi connectivity index (χ4n) is 4.47. The maximum absolute atomic E-state index is 12.6. The Morgan fingerprint density at radius 1 is 1.15 bits per heavy atom. The molecule has 0 saturated heterocycles. The minimum atomic E-state index is -0.526. The van der Waals surface area contributed by atoms with Crippen LogP contribution in [0, 0.1) is 6.92 Å². The third kappa shape index (κ3) is 4.29. The average Bonchev–Trinajstić information content (AvgIpc) is 3.40. The van der Waals surface area contributed by atoms with Crippen LogP contribution in [-0.2, 0) is 17.7 Å². The summed E-state index contributed by atoms with van der Waals surface area (Å²) < 4.78 is 14.1. The van der Waals surface area contributed by atoms with E-state index in [-0.39, 0.29) is 18.2 Å². The van der Waals surface area contributed by atoms with Gasteiger partial charge in [0, 0.05) is 36.3 Å². The summed E-state index contributed by atoms with van der Waals surface area (Å²) >= 11 is 0. The molecule has 0 radical (unpaired) electrons. The molecule has 5 rings (SSSR count). The van der Waals surface area contributed by atoms with Crippen LogP contribution in [0.3, 0.4) is 0 Å². The van der Waals surface area contributed by atoms with Gasteiger partial charge >= 0.3 is 6.09 Å². The van der Waals surface area contributed by atoms with Crippen LogP contribution in [-0.4, -0.2) is 48.8 Å². The molecule has 2 aliphatic rings. The summed E-state index contributed by atoms with van der Waals surface area (Å²) in [5, 5.41) is 1.07. The van der Waals surface area contributed by atoms with Gasteiger partial charge in [-0.2, -0.15) is 0 Å². The van der Waals surface area contributed by atoms with Crippen molar-refractivity contribution in [2.45, 2.75) is 64.8 Å². The van der Waals surface area contributed by atoms with Gasteiger partial charge in [-0.15, -0.1) is 0 Å². The molecule has 1 aliphatic heterocycles. The van der Waals surface area contributed by atoms with Gasteiger partial charge in [-0.3, -0.25) is 0 Å². The molecule has 33 heavy (non-hydrogen) atoms. The van der Waals surface area contributed by atoms with E-state index in [9.17, 15) is 4.79 Å². The molecule has 1 aliphatic carbocycles. The van der Waals surface area contributed by atoms with Crippen molar-refractivity contribution in [2.24, 2.45) is 0 Å². The number of rotatable bonds is 3. The number of carbonyl (C=O) groups excluding carboxylic acids is 1. The van der Waals surface area contributed by atoms with Crippen molar-refractivity contribution >= 4 is 17.1 Å². The first kappa shape index (κ1) is 21.4. The van der Waals surface area contributed by atoms with E-state index in [1.54, 1.807) is 17.4 Å². The molecule has 1 amide bonds. The predicted octanol–water partition coefficient (Wildman–Crippen LogP) is 4.38. The number of pyridine rings is 1. The van der Waals surface area contributed by atoms with Crippen LogP contribution < -0.4 is 4.74 Å². The largest absolute Gasteiger partial charge is 0.470 e. The van der Waals surface area contributed by atoms with Gasteiger partial charge in [-0.1, -0.05) is 6.08 Å². The number of aromatic nitrogens is 4. The summed E-state index contributed by atoms with van der Waals surface area (Å²) in [7, 11) is 0. The summed E-state index contributed by atoms with van der Waals surface area (Å²) in [5.74, 6) is 0.589. The number of amides is 1. The van der Waals surface area contributed by atoms with Gasteiger partial charge in [0.25, 0.3) is 0 Å². The van der Waals surface area contributed by atoms with Crippen LogP contribution >= 0.6 is 0 Å². The maximum Gasteiger partial charge on any atom is 0.410 e. The van der Waals surface area contributed by atoms with E-state index in [0.717, 1.165) is 35.1 Å². The second-order valence-electron chi connectivity index (χ2n) is 9.67. The van der Waals surface area contributed by atoms with E-state index < -0.39 is 5.60 Å². The summed E-state index contributed by atoms with van der Waals surface area (Å²) in [4.78, 5) is 27.6. The number of allylic oxidation sites excluding steroid dienone is 1. The van der Waals surface area contributed by atoms with E-state index in [0.29, 0.717) is 19.0 Å². The molecule has 4 heterocycles. The highest BCUT2D eigenvalue weighted by molar-refractivity contribution is 5.78. The second-order valence-corrected chi connectivity index (χ2v) is 9.67. The topological polar surface area (TPSA) is 82.4 Å². The van der Waals surface area contributed by atoms with Crippen molar-refractivity contribution in [2.75, 3.05) is 6.54 Å². The molecule has 0 N–H and O–H groups in total. The first-order chi connectivity index (χ1) is 15.8. The van der Waals surface area contributed by atoms with Gasteiger partial charge in [0.1, 0.15) is 23.7 Å². The minimum absolute atomic E-state index is 0.105. The highest BCUT2D eigenvalue weighted by Gasteiger charge is 2.30. The van der Waals surface area contributed by atoms with Crippen molar-refractivity contribution in [3.8, 4) is 5.88 Å². The lowest BCUT2D eigenvalue weighted by Crippen LogP contribution is -2.40. The van der Waals surface area contributed by atoms with Gasteiger partial charge in [-0.05, 0) is 57.9 Å². The second kappa shape index (κ2) is 8.17. The van der Waals surface area contributed by atoms with Crippen LogP contribution in [0.5, 0.6) is 5.88 Å². The average molecular weight is 448 g/mol. The number of ether oxygens (including phenoxy) is 2. The maximum atomic E-state index is 12.6. The molecule has 3 aromatic heterocycles. The van der Waals surface area contributed by atoms with Gasteiger partial charge in [0.15, 0.2) is 0 Å². The predicted molar refractivity (Wildman–Crippen MR) is 124 cm³/mol. The van der Waals surface area contributed by atoms with Crippen LogP contribution in [0.4, 0.5) is 4.79 Å². The molecule has 0 fully saturated rings. The van der Waals surface area contributed by atoms with E-state index in [1.165, 1.54) is 5.56 Å². The molecular weight excluding hydrogens is 418 g/mol. The fraction of sp³-hybridized carbons (Fsp3) is 0.440. The molecule has 0 unspecified atom stereocenters. The molecule has 0 aromatic carbocycles. The summed E-state index contributed by atoms with van der Waals surface area (Å²) in [6.45, 7) is 8.69. The number of nitrogens with zero attached hydrogens (tertiary/aromatic N) is 5. The van der Waals surface area contributed by atoms with Gasteiger partial charge in [-0.25, -0.2) is 19.7 Å². The third-order valence-electron chi connectivity index (χ3n) is 6.12. The van der Waals surface area contributed by atoms with Gasteiger partial charge in [0.05, 0.1) is 18.3 Å². The summed E-state index contributed by atoms with van der Waals surface area (Å²) in [6.07, 6.45) is 10.8. The fourth-order valence-corrected chi connectivity index (χ4v) is 4.47. The highest BCUT2D eigenvalue weighted by atomic mass is 16.6. The summed E-state index contributed by atoms with van der Waals surface area (Å²) in [6, 6.07) is 4.22. The first-order valence-electron chi connectivity index (χ1n) is 11.4. The zero-order valence-electron chi connectivity index (χ0n) is 19.5. The molecule has 172 valence electrons. The van der Waals surface area contributed by atoms with Crippen LogP contribution in [0.2, 0.25) is 0 Å². The number of hydrogen-bond acceptors (Lipinski definition) is 6. The van der Waals surface area contributed by atoms with Gasteiger partial charge in [0.2, 0.25) is 5.88 Å². The van der Waals surface area contributed by atoms with E-state index in [1.807, 2.05) is 33.8 Å². The lowest BCUT2D eigenvalue weighted by Gasteiger charge is -2.32. The van der Waals surface area contributed by atoms with Gasteiger partial charge < -0.3 is 18.9 Å². The zero-order valence-corrected chi connectivity index (χ0v) is 19.5. The standard InChI is InChI=1S/C25H29N5O3/c1-16-20-9-12-30(22(20)28-15-27-16)18-5-6-19(13-18)32-23-21-14-29(24(31)33-25(2,3)4)11-8-17(21)7-10-26-23/h5-7,9-10,12,15,18-19H,8,11,13-14H2,1-4H3/t18-,19+/m0/s1. The smallest absolute Gasteiger partial charge is 0.410 e. The monoisotopic (exact) mass is 447 g/mol. The number of fused-ring (bicyclic) bond motifs is 2. The Labute approximate surface area is 193 Å². The lowest BCUT2D eigenvalue weighted by atomic mass is 10.0. The van der Waals surface area contributed by atoms with E-state index in [2.05, 4.69) is 43.9 Å². The summed E-state index contributed by atoms with van der Waals surface area (Å²) in [5.41, 5.74) is 3.51. The molecule has 8 heteroatoms. The lowest BCUT2D eigenvalue weighted by molar-refractivity contribution is 0.0221. The number of aryl methyl sites for hydroxylation is 1. The van der Waals surface area contributed by atoms with Crippen molar-refractivity contribution in [3.63, 3.8) is 0 Å². The van der Waals surface area contributed by atoms with Crippen molar-refractivity contribution in [1.82, 2.24) is 24.4 Å². The number of hydrogen-bond donors (Lipinski definition) is 0. The molecule has 3 aromatic rings. The van der Waals surface area contributed by atoms with Crippen LogP contribution in [0.1, 0.15) is 50.1 Å². The van der Waals surface area contributed by atoms with Crippen molar-refractivity contribution in [1.29, 1.82) is 0 Å². The van der Waals surface area contributed by atoms with Crippen molar-refractivity contribution in [3.05, 3.63) is 59.8 Å². The normalized spacial score (nSPS) is 20.2. The van der Waals surface area contributed by atoms with Crippen LogP contribution in [0.25, 0.3) is 11.0 Å². The number of carbonyl (C=O) groups is 1. The van der Waals surface area contributed by atoms with E-state index in [4.69, 9.17) is 9.47 Å².